The van der Waals surface area contributed by atoms with Gasteiger partial charge in [0.05, 0.1) is 11.6 Å². The van der Waals surface area contributed by atoms with Crippen LogP contribution in [0.2, 0.25) is 0 Å². The van der Waals surface area contributed by atoms with Crippen LogP contribution in [0.25, 0.3) is 0 Å². The van der Waals surface area contributed by atoms with Crippen molar-refractivity contribution in [3.63, 3.8) is 0 Å². The average molecular weight is 291 g/mol. The van der Waals surface area contributed by atoms with Crippen molar-refractivity contribution in [2.45, 2.75) is 26.1 Å². The van der Waals surface area contributed by atoms with Gasteiger partial charge in [0.25, 0.3) is 0 Å². The first-order chi connectivity index (χ1) is 9.13. The van der Waals surface area contributed by atoms with Gasteiger partial charge in [-0.1, -0.05) is 26.0 Å². The largest absolute Gasteiger partial charge is 0.449 e. The number of alkyl halides is 3. The molecule has 3 nitrogen and oxygen atoms in total. The van der Waals surface area contributed by atoms with E-state index < -0.39 is 35.1 Å². The van der Waals surface area contributed by atoms with Gasteiger partial charge in [0.15, 0.2) is 0 Å². The van der Waals surface area contributed by atoms with Gasteiger partial charge in [0, 0.05) is 11.0 Å². The molecule has 0 aliphatic carbocycles. The monoisotopic (exact) mass is 291 g/mol. The Morgan fingerprint density at radius 2 is 2.00 bits per heavy atom. The molecule has 20 heavy (non-hydrogen) atoms. The van der Waals surface area contributed by atoms with E-state index in [1.807, 2.05) is 0 Å². The molecule has 0 bridgehead atoms. The number of carbonyl (C=O) groups is 1. The van der Waals surface area contributed by atoms with E-state index in [1.165, 1.54) is 6.07 Å². The zero-order valence-corrected chi connectivity index (χ0v) is 10.8. The Kier molecular flexibility index (Phi) is 3.39. The summed E-state index contributed by atoms with van der Waals surface area (Å²) in [5.41, 5.74) is -2.26. The van der Waals surface area contributed by atoms with E-state index >= 15 is 0 Å². The lowest BCUT2D eigenvalue weighted by Gasteiger charge is -2.38. The van der Waals surface area contributed by atoms with Crippen LogP contribution in [0.3, 0.4) is 0 Å². The van der Waals surface area contributed by atoms with Crippen LogP contribution in [0.1, 0.15) is 31.0 Å². The number of alkyl carbamates (subject to hydrolysis) is 1. The van der Waals surface area contributed by atoms with Crippen LogP contribution >= 0.6 is 0 Å². The molecule has 7 heteroatoms. The molecule has 1 amide bonds. The van der Waals surface area contributed by atoms with Crippen LogP contribution in [0.5, 0.6) is 0 Å². The minimum absolute atomic E-state index is 0.000808. The molecule has 110 valence electrons. The first-order valence-electron chi connectivity index (χ1n) is 5.92. The minimum Gasteiger partial charge on any atom is -0.449 e. The molecule has 0 aromatic heterocycles. The molecule has 2 rings (SSSR count). The van der Waals surface area contributed by atoms with Crippen molar-refractivity contribution in [3.05, 3.63) is 35.1 Å². The maximum Gasteiger partial charge on any atom is 0.419 e. The van der Waals surface area contributed by atoms with Crippen molar-refractivity contribution in [3.8, 4) is 0 Å². The maximum atomic E-state index is 14.1. The van der Waals surface area contributed by atoms with Crippen LogP contribution < -0.4 is 5.32 Å². The van der Waals surface area contributed by atoms with Gasteiger partial charge in [-0.05, 0) is 6.07 Å². The number of halogens is 4. The topological polar surface area (TPSA) is 38.3 Å². The third kappa shape index (κ3) is 2.57. The number of amides is 1. The molecule has 1 aromatic carbocycles. The summed E-state index contributed by atoms with van der Waals surface area (Å²) in [6, 6.07) is 2.15. The predicted molar refractivity (Wildman–Crippen MR) is 62.4 cm³/mol. The fraction of sp³-hybridized carbons (Fsp3) is 0.462. The summed E-state index contributed by atoms with van der Waals surface area (Å²) in [7, 11) is 0. The van der Waals surface area contributed by atoms with Crippen LogP contribution in [0.15, 0.2) is 18.2 Å². The summed E-state index contributed by atoms with van der Waals surface area (Å²) in [5.74, 6) is -1.36. The van der Waals surface area contributed by atoms with Crippen LogP contribution in [-0.2, 0) is 10.9 Å². The van der Waals surface area contributed by atoms with Gasteiger partial charge in [-0.3, -0.25) is 0 Å². The molecule has 0 unspecified atom stereocenters. The summed E-state index contributed by atoms with van der Waals surface area (Å²) < 4.78 is 57.0. The van der Waals surface area contributed by atoms with Gasteiger partial charge in [0.1, 0.15) is 12.4 Å². The highest BCUT2D eigenvalue weighted by molar-refractivity contribution is 5.69. The number of nitrogens with one attached hydrogen (secondary N) is 1. The molecule has 1 N–H and O–H groups in total. The van der Waals surface area contributed by atoms with Crippen molar-refractivity contribution in [1.29, 1.82) is 0 Å². The number of benzene rings is 1. The molecule has 0 radical (unpaired) electrons. The highest BCUT2D eigenvalue weighted by Gasteiger charge is 2.42. The molecule has 1 saturated heterocycles. The zero-order chi connectivity index (χ0) is 15.1. The normalized spacial score (nSPS) is 22.1. The summed E-state index contributed by atoms with van der Waals surface area (Å²) in [4.78, 5) is 11.2. The average Bonchev–Trinajstić information content (AvgIpc) is 2.31. The Balaban J connectivity index is 2.49. The molecular formula is C13H13F4NO2. The SMILES string of the molecule is CC1(C)COC(=O)N[C@H]1c1cccc(C(F)(F)F)c1F. The smallest absolute Gasteiger partial charge is 0.419 e. The van der Waals surface area contributed by atoms with E-state index in [0.29, 0.717) is 6.07 Å². The number of rotatable bonds is 1. The Labute approximate surface area is 112 Å². The molecule has 0 spiro atoms. The molecule has 1 heterocycles. The van der Waals surface area contributed by atoms with E-state index in [9.17, 15) is 22.4 Å². The van der Waals surface area contributed by atoms with Crippen LogP contribution in [0, 0.1) is 11.2 Å². The van der Waals surface area contributed by atoms with Gasteiger partial charge in [-0.25, -0.2) is 9.18 Å². The number of hydrogen-bond acceptors (Lipinski definition) is 2. The van der Waals surface area contributed by atoms with Crippen molar-refractivity contribution in [1.82, 2.24) is 5.32 Å². The van der Waals surface area contributed by atoms with Crippen molar-refractivity contribution in [2.75, 3.05) is 6.61 Å². The molecule has 1 atom stereocenters. The number of hydrogen-bond donors (Lipinski definition) is 1. The minimum atomic E-state index is -4.78. The summed E-state index contributed by atoms with van der Waals surface area (Å²) in [6.45, 7) is 3.35. The van der Waals surface area contributed by atoms with Crippen molar-refractivity contribution >= 4 is 6.09 Å². The Hall–Kier alpha value is -1.79. The first-order valence-corrected chi connectivity index (χ1v) is 5.92. The summed E-state index contributed by atoms with van der Waals surface area (Å²) in [5, 5.41) is 2.37. The molecule has 0 saturated carbocycles. The maximum absolute atomic E-state index is 14.1. The second-order valence-corrected chi connectivity index (χ2v) is 5.35. The Morgan fingerprint density at radius 3 is 2.60 bits per heavy atom. The molecule has 1 fully saturated rings. The lowest BCUT2D eigenvalue weighted by atomic mass is 9.80. The van der Waals surface area contributed by atoms with Crippen LogP contribution in [-0.4, -0.2) is 12.7 Å². The second-order valence-electron chi connectivity index (χ2n) is 5.35. The van der Waals surface area contributed by atoms with Gasteiger partial charge in [-0.2, -0.15) is 13.2 Å². The fourth-order valence-electron chi connectivity index (χ4n) is 2.18. The van der Waals surface area contributed by atoms with E-state index in [4.69, 9.17) is 4.74 Å². The standard InChI is InChI=1S/C13H13F4NO2/c1-12(2)6-20-11(19)18-10(12)7-4-3-5-8(9(7)14)13(15,16)17/h3-5,10H,6H2,1-2H3,(H,18,19)/t10-/m0/s1. The van der Waals surface area contributed by atoms with Crippen molar-refractivity contribution in [2.24, 2.45) is 5.41 Å². The lowest BCUT2D eigenvalue weighted by molar-refractivity contribution is -0.140. The molecule has 1 aliphatic heterocycles. The molecule has 1 aromatic rings. The highest BCUT2D eigenvalue weighted by atomic mass is 19.4. The second kappa shape index (κ2) is 4.64. The van der Waals surface area contributed by atoms with Crippen LogP contribution in [0.4, 0.5) is 22.4 Å². The number of ether oxygens (including phenoxy) is 1. The highest BCUT2D eigenvalue weighted by Crippen LogP contribution is 2.40. The van der Waals surface area contributed by atoms with E-state index in [-0.39, 0.29) is 12.2 Å². The molecule has 1 aliphatic rings. The molecular weight excluding hydrogens is 278 g/mol. The summed E-state index contributed by atoms with van der Waals surface area (Å²) >= 11 is 0. The number of carbonyl (C=O) groups excluding carboxylic acids is 1. The van der Waals surface area contributed by atoms with E-state index in [1.54, 1.807) is 13.8 Å². The van der Waals surface area contributed by atoms with E-state index in [2.05, 4.69) is 5.32 Å². The van der Waals surface area contributed by atoms with Crippen molar-refractivity contribution < 1.29 is 27.1 Å². The van der Waals surface area contributed by atoms with Gasteiger partial charge >= 0.3 is 12.3 Å². The Bertz CT molecular complexity index is 540. The van der Waals surface area contributed by atoms with Gasteiger partial charge < -0.3 is 10.1 Å². The van der Waals surface area contributed by atoms with E-state index in [0.717, 1.165) is 6.07 Å². The Morgan fingerprint density at radius 1 is 1.35 bits per heavy atom. The fourth-order valence-corrected chi connectivity index (χ4v) is 2.18. The lowest BCUT2D eigenvalue weighted by Crippen LogP contribution is -2.47. The summed E-state index contributed by atoms with van der Waals surface area (Å²) in [6.07, 6.45) is -5.55. The number of cyclic esters (lactones) is 1. The zero-order valence-electron chi connectivity index (χ0n) is 10.8. The third-order valence-corrected chi connectivity index (χ3v) is 3.26. The predicted octanol–water partition coefficient (Wildman–Crippen LogP) is 3.65. The first kappa shape index (κ1) is 14.6. The van der Waals surface area contributed by atoms with Gasteiger partial charge in [-0.15, -0.1) is 0 Å². The quantitative estimate of drug-likeness (QED) is 0.802. The van der Waals surface area contributed by atoms with Gasteiger partial charge in [0.2, 0.25) is 0 Å². The third-order valence-electron chi connectivity index (χ3n) is 3.26.